The number of benzene rings is 2. The second kappa shape index (κ2) is 10.3. The van der Waals surface area contributed by atoms with Crippen molar-refractivity contribution in [2.75, 3.05) is 32.8 Å². The van der Waals surface area contributed by atoms with Gasteiger partial charge >= 0.3 is 0 Å². The summed E-state index contributed by atoms with van der Waals surface area (Å²) in [6, 6.07) is 17.0. The van der Waals surface area contributed by atoms with Crippen LogP contribution in [0.1, 0.15) is 37.0 Å². The normalized spacial score (nSPS) is 17.8. The Kier molecular flexibility index (Phi) is 7.04. The van der Waals surface area contributed by atoms with Gasteiger partial charge in [0.05, 0.1) is 17.7 Å². The highest BCUT2D eigenvalue weighted by Gasteiger charge is 2.29. The van der Waals surface area contributed by atoms with Crippen LogP contribution in [0.4, 0.5) is 0 Å². The van der Waals surface area contributed by atoms with Crippen LogP contribution in [0.2, 0.25) is 0 Å². The standard InChI is InChI=1S/C27H32N2O4S/c30-34(31,29-17-13-24-14-19-33-27(24)21-29)26-11-7-23(8-12-26)22-5-9-25(10-6-22)32-20-18-28-15-3-1-2-4-16-28/h5-12,14,19H,1-4,13,15-18,20-21H2. The smallest absolute Gasteiger partial charge is 0.243 e. The molecule has 6 nitrogen and oxygen atoms in total. The molecule has 0 N–H and O–H groups in total. The molecule has 0 saturated carbocycles. The summed E-state index contributed by atoms with van der Waals surface area (Å²) in [6.45, 7) is 4.77. The third-order valence-electron chi connectivity index (χ3n) is 6.84. The van der Waals surface area contributed by atoms with Crippen LogP contribution < -0.4 is 4.74 Å². The fourth-order valence-electron chi connectivity index (χ4n) is 4.78. The van der Waals surface area contributed by atoms with Crippen LogP contribution in [0, 0.1) is 0 Å². The first-order valence-electron chi connectivity index (χ1n) is 12.2. The highest BCUT2D eigenvalue weighted by Crippen LogP contribution is 2.28. The average molecular weight is 481 g/mol. The SMILES string of the molecule is O=S(=O)(c1ccc(-c2ccc(OCCN3CCCCCC3)cc2)cc1)N1CCc2ccoc2C1. The quantitative estimate of drug-likeness (QED) is 0.479. The summed E-state index contributed by atoms with van der Waals surface area (Å²) in [7, 11) is -3.56. The summed E-state index contributed by atoms with van der Waals surface area (Å²) in [5, 5.41) is 0. The molecule has 0 bridgehead atoms. The van der Waals surface area contributed by atoms with Gasteiger partial charge in [0.25, 0.3) is 0 Å². The molecule has 34 heavy (non-hydrogen) atoms. The Morgan fingerprint density at radius 3 is 2.21 bits per heavy atom. The predicted octanol–water partition coefficient (Wildman–Crippen LogP) is 4.95. The molecule has 3 heterocycles. The maximum atomic E-state index is 13.1. The van der Waals surface area contributed by atoms with E-state index in [1.54, 1.807) is 18.4 Å². The highest BCUT2D eigenvalue weighted by molar-refractivity contribution is 7.89. The Labute approximate surface area is 202 Å². The number of ether oxygens (including phenoxy) is 1. The van der Waals surface area contributed by atoms with Gasteiger partial charge in [-0.3, -0.25) is 4.90 Å². The van der Waals surface area contributed by atoms with E-state index in [4.69, 9.17) is 9.15 Å². The second-order valence-electron chi connectivity index (χ2n) is 9.11. The lowest BCUT2D eigenvalue weighted by Crippen LogP contribution is -2.35. The maximum absolute atomic E-state index is 13.1. The molecule has 0 radical (unpaired) electrons. The Hall–Kier alpha value is -2.61. The Morgan fingerprint density at radius 2 is 1.50 bits per heavy atom. The van der Waals surface area contributed by atoms with E-state index in [-0.39, 0.29) is 6.54 Å². The lowest BCUT2D eigenvalue weighted by atomic mass is 10.1. The third-order valence-corrected chi connectivity index (χ3v) is 8.70. The molecule has 2 aromatic carbocycles. The van der Waals surface area contributed by atoms with Crippen LogP contribution in [0.25, 0.3) is 11.1 Å². The van der Waals surface area contributed by atoms with Gasteiger partial charge in [-0.1, -0.05) is 37.1 Å². The third kappa shape index (κ3) is 5.22. The second-order valence-corrected chi connectivity index (χ2v) is 11.0. The fraction of sp³-hybridized carbons (Fsp3) is 0.407. The van der Waals surface area contributed by atoms with Crippen molar-refractivity contribution in [2.24, 2.45) is 0 Å². The van der Waals surface area contributed by atoms with E-state index in [1.165, 1.54) is 43.1 Å². The number of nitrogens with zero attached hydrogens (tertiary/aromatic N) is 2. The van der Waals surface area contributed by atoms with Gasteiger partial charge in [-0.25, -0.2) is 8.42 Å². The minimum absolute atomic E-state index is 0.283. The number of sulfonamides is 1. The lowest BCUT2D eigenvalue weighted by molar-refractivity contribution is 0.214. The fourth-order valence-corrected chi connectivity index (χ4v) is 6.18. The molecule has 3 aromatic rings. The molecule has 1 saturated heterocycles. The van der Waals surface area contributed by atoms with Crippen molar-refractivity contribution < 1.29 is 17.6 Å². The minimum Gasteiger partial charge on any atom is -0.492 e. The summed E-state index contributed by atoms with van der Waals surface area (Å²) < 4.78 is 39.1. The minimum atomic E-state index is -3.56. The first-order chi connectivity index (χ1) is 16.6. The monoisotopic (exact) mass is 480 g/mol. The summed E-state index contributed by atoms with van der Waals surface area (Å²) in [6.07, 6.45) is 7.57. The lowest BCUT2D eigenvalue weighted by Gasteiger charge is -2.25. The molecule has 5 rings (SSSR count). The molecule has 1 aromatic heterocycles. The number of furan rings is 1. The van der Waals surface area contributed by atoms with E-state index >= 15 is 0 Å². The molecule has 0 atom stereocenters. The van der Waals surface area contributed by atoms with Crippen molar-refractivity contribution in [3.05, 3.63) is 72.2 Å². The van der Waals surface area contributed by atoms with Crippen molar-refractivity contribution in [1.29, 1.82) is 0 Å². The summed E-state index contributed by atoms with van der Waals surface area (Å²) in [4.78, 5) is 2.80. The van der Waals surface area contributed by atoms with Gasteiger partial charge in [0.2, 0.25) is 10.0 Å². The van der Waals surface area contributed by atoms with E-state index < -0.39 is 10.0 Å². The van der Waals surface area contributed by atoms with E-state index in [1.807, 2.05) is 42.5 Å². The van der Waals surface area contributed by atoms with Crippen molar-refractivity contribution in [2.45, 2.75) is 43.5 Å². The van der Waals surface area contributed by atoms with Crippen molar-refractivity contribution in [3.63, 3.8) is 0 Å². The molecule has 180 valence electrons. The number of hydrogen-bond donors (Lipinski definition) is 0. The molecule has 7 heteroatoms. The molecule has 0 amide bonds. The van der Waals surface area contributed by atoms with Crippen LogP contribution in [0.15, 0.2) is 70.2 Å². The summed E-state index contributed by atoms with van der Waals surface area (Å²) in [5.74, 6) is 1.60. The molecule has 2 aliphatic heterocycles. The van der Waals surface area contributed by atoms with Gasteiger partial charge in [-0.05, 0) is 79.4 Å². The van der Waals surface area contributed by atoms with Crippen LogP contribution in [0.5, 0.6) is 5.75 Å². The van der Waals surface area contributed by atoms with Crippen LogP contribution in [0.3, 0.4) is 0 Å². The molecular weight excluding hydrogens is 448 g/mol. The van der Waals surface area contributed by atoms with Crippen molar-refractivity contribution in [1.82, 2.24) is 9.21 Å². The first-order valence-corrected chi connectivity index (χ1v) is 13.6. The Morgan fingerprint density at radius 1 is 0.824 bits per heavy atom. The highest BCUT2D eigenvalue weighted by atomic mass is 32.2. The molecule has 0 unspecified atom stereocenters. The zero-order valence-corrected chi connectivity index (χ0v) is 20.3. The average Bonchev–Trinajstić information content (AvgIpc) is 3.19. The number of likely N-dealkylation sites (tertiary alicyclic amines) is 1. The van der Waals surface area contributed by atoms with Gasteiger partial charge in [-0.15, -0.1) is 0 Å². The van der Waals surface area contributed by atoms with Crippen molar-refractivity contribution in [3.8, 4) is 16.9 Å². The zero-order valence-electron chi connectivity index (χ0n) is 19.5. The Balaban J connectivity index is 1.19. The van der Waals surface area contributed by atoms with E-state index in [0.29, 0.717) is 24.5 Å². The van der Waals surface area contributed by atoms with Gasteiger partial charge < -0.3 is 9.15 Å². The largest absolute Gasteiger partial charge is 0.492 e. The van der Waals surface area contributed by atoms with Gasteiger partial charge in [0, 0.05) is 13.1 Å². The zero-order chi connectivity index (χ0) is 23.4. The van der Waals surface area contributed by atoms with E-state index in [2.05, 4.69) is 4.90 Å². The molecule has 2 aliphatic rings. The van der Waals surface area contributed by atoms with E-state index in [0.717, 1.165) is 34.7 Å². The van der Waals surface area contributed by atoms with Crippen LogP contribution in [-0.2, 0) is 23.0 Å². The maximum Gasteiger partial charge on any atom is 0.243 e. The predicted molar refractivity (Wildman–Crippen MR) is 132 cm³/mol. The Bertz CT molecular complexity index is 1180. The van der Waals surface area contributed by atoms with Gasteiger partial charge in [0.1, 0.15) is 18.1 Å². The topological polar surface area (TPSA) is 63.0 Å². The molecule has 0 aliphatic carbocycles. The molecule has 1 fully saturated rings. The summed E-state index contributed by atoms with van der Waals surface area (Å²) >= 11 is 0. The summed E-state index contributed by atoms with van der Waals surface area (Å²) in [5.41, 5.74) is 3.10. The molecular formula is C27H32N2O4S. The van der Waals surface area contributed by atoms with Gasteiger partial charge in [0.15, 0.2) is 0 Å². The van der Waals surface area contributed by atoms with Crippen LogP contribution in [-0.4, -0.2) is 50.4 Å². The molecule has 0 spiro atoms. The first kappa shape index (κ1) is 23.1. The number of hydrogen-bond acceptors (Lipinski definition) is 5. The van der Waals surface area contributed by atoms with E-state index in [9.17, 15) is 8.42 Å². The number of fused-ring (bicyclic) bond motifs is 1. The van der Waals surface area contributed by atoms with Crippen molar-refractivity contribution >= 4 is 10.0 Å². The van der Waals surface area contributed by atoms with Gasteiger partial charge in [-0.2, -0.15) is 4.31 Å². The van der Waals surface area contributed by atoms with Crippen LogP contribution >= 0.6 is 0 Å². The number of rotatable bonds is 7.